The Bertz CT molecular complexity index is 584. The molecule has 0 unspecified atom stereocenters. The van der Waals surface area contributed by atoms with Gasteiger partial charge in [0.05, 0.1) is 11.2 Å². The Kier molecular flexibility index (Phi) is 4.12. The summed E-state index contributed by atoms with van der Waals surface area (Å²) in [5.41, 5.74) is 0.900. The van der Waals surface area contributed by atoms with Crippen molar-refractivity contribution in [2.75, 3.05) is 5.32 Å². The predicted octanol–water partition coefficient (Wildman–Crippen LogP) is 3.51. The van der Waals surface area contributed by atoms with Crippen molar-refractivity contribution in [1.82, 2.24) is 9.97 Å². The lowest BCUT2D eigenvalue weighted by molar-refractivity contribution is 0.102. The van der Waals surface area contributed by atoms with Crippen LogP contribution in [0.5, 0.6) is 0 Å². The average Bonchev–Trinajstić information content (AvgIpc) is 2.40. The Balaban J connectivity index is 2.26. The molecule has 0 saturated heterocycles. The van der Waals surface area contributed by atoms with Crippen LogP contribution in [0.4, 0.5) is 5.69 Å². The van der Waals surface area contributed by atoms with Crippen LogP contribution in [-0.2, 0) is 0 Å². The summed E-state index contributed by atoms with van der Waals surface area (Å²) in [6.45, 7) is 3.92. The highest BCUT2D eigenvalue weighted by Gasteiger charge is 2.15. The van der Waals surface area contributed by atoms with Gasteiger partial charge in [-0.1, -0.05) is 43.6 Å². The first-order chi connectivity index (χ1) is 9.08. The van der Waals surface area contributed by atoms with Gasteiger partial charge in [-0.05, 0) is 12.1 Å². The molecule has 0 aliphatic heterocycles. The maximum atomic E-state index is 12.1. The number of rotatable bonds is 3. The van der Waals surface area contributed by atoms with E-state index in [1.807, 2.05) is 32.0 Å². The van der Waals surface area contributed by atoms with E-state index in [0.717, 1.165) is 0 Å². The summed E-state index contributed by atoms with van der Waals surface area (Å²) in [5.74, 6) is 0.406. The van der Waals surface area contributed by atoms with Crippen molar-refractivity contribution in [2.45, 2.75) is 19.8 Å². The first-order valence-corrected chi connectivity index (χ1v) is 6.34. The zero-order valence-electron chi connectivity index (χ0n) is 10.7. The lowest BCUT2D eigenvalue weighted by Gasteiger charge is -2.08. The lowest BCUT2D eigenvalue weighted by atomic mass is 10.2. The van der Waals surface area contributed by atoms with E-state index in [4.69, 9.17) is 11.6 Å². The lowest BCUT2D eigenvalue weighted by Crippen LogP contribution is -2.16. The minimum atomic E-state index is -0.333. The molecule has 19 heavy (non-hydrogen) atoms. The molecule has 0 saturated carbocycles. The molecule has 0 aliphatic rings. The Hall–Kier alpha value is -1.94. The van der Waals surface area contributed by atoms with Gasteiger partial charge < -0.3 is 5.32 Å². The van der Waals surface area contributed by atoms with Crippen molar-refractivity contribution < 1.29 is 4.79 Å². The Morgan fingerprint density at radius 1 is 1.26 bits per heavy atom. The van der Waals surface area contributed by atoms with Gasteiger partial charge in [-0.15, -0.1) is 0 Å². The van der Waals surface area contributed by atoms with Gasteiger partial charge in [0.15, 0.2) is 5.69 Å². The standard InChI is InChI=1S/C14H14ClN3O/c1-9(2)13-16-8-11(15)12(18-13)14(19)17-10-6-4-3-5-7-10/h3-9H,1-2H3,(H,17,19). The fourth-order valence-electron chi connectivity index (χ4n) is 1.53. The van der Waals surface area contributed by atoms with Crippen molar-refractivity contribution >= 4 is 23.2 Å². The van der Waals surface area contributed by atoms with Gasteiger partial charge in [-0.25, -0.2) is 9.97 Å². The quantitative estimate of drug-likeness (QED) is 0.933. The SMILES string of the molecule is CC(C)c1ncc(Cl)c(C(=O)Nc2ccccc2)n1. The second kappa shape index (κ2) is 5.80. The number of aromatic nitrogens is 2. The number of benzene rings is 1. The molecule has 1 heterocycles. The van der Waals surface area contributed by atoms with E-state index < -0.39 is 0 Å². The predicted molar refractivity (Wildman–Crippen MR) is 75.5 cm³/mol. The number of hydrogen-bond acceptors (Lipinski definition) is 3. The van der Waals surface area contributed by atoms with E-state index in [1.54, 1.807) is 12.1 Å². The second-order valence-corrected chi connectivity index (χ2v) is 4.81. The summed E-state index contributed by atoms with van der Waals surface area (Å²) >= 11 is 5.98. The molecule has 0 atom stereocenters. The first kappa shape index (κ1) is 13.5. The molecular weight excluding hydrogens is 262 g/mol. The van der Waals surface area contributed by atoms with Crippen molar-refractivity contribution in [1.29, 1.82) is 0 Å². The Labute approximate surface area is 116 Å². The van der Waals surface area contributed by atoms with Crippen molar-refractivity contribution in [3.05, 3.63) is 53.1 Å². The number of nitrogens with zero attached hydrogens (tertiary/aromatic N) is 2. The molecule has 1 aromatic heterocycles. The summed E-state index contributed by atoms with van der Waals surface area (Å²) < 4.78 is 0. The van der Waals surface area contributed by atoms with Crippen LogP contribution >= 0.6 is 11.6 Å². The molecule has 5 heteroatoms. The monoisotopic (exact) mass is 275 g/mol. The molecule has 98 valence electrons. The minimum Gasteiger partial charge on any atom is -0.321 e. The molecule has 4 nitrogen and oxygen atoms in total. The topological polar surface area (TPSA) is 54.9 Å². The highest BCUT2D eigenvalue weighted by molar-refractivity contribution is 6.33. The van der Waals surface area contributed by atoms with Crippen LogP contribution in [-0.4, -0.2) is 15.9 Å². The van der Waals surface area contributed by atoms with Gasteiger partial charge in [-0.2, -0.15) is 0 Å². The van der Waals surface area contributed by atoms with E-state index in [1.165, 1.54) is 6.20 Å². The van der Waals surface area contributed by atoms with Crippen molar-refractivity contribution in [3.8, 4) is 0 Å². The van der Waals surface area contributed by atoms with Gasteiger partial charge >= 0.3 is 0 Å². The third kappa shape index (κ3) is 3.29. The molecule has 0 spiro atoms. The maximum absolute atomic E-state index is 12.1. The van der Waals surface area contributed by atoms with Crippen LogP contribution in [0.2, 0.25) is 5.02 Å². The molecule has 0 fully saturated rings. The van der Waals surface area contributed by atoms with E-state index in [0.29, 0.717) is 11.5 Å². The zero-order chi connectivity index (χ0) is 13.8. The highest BCUT2D eigenvalue weighted by atomic mass is 35.5. The first-order valence-electron chi connectivity index (χ1n) is 5.96. The Morgan fingerprint density at radius 3 is 2.58 bits per heavy atom. The fraction of sp³-hybridized carbons (Fsp3) is 0.214. The van der Waals surface area contributed by atoms with Crippen molar-refractivity contribution in [2.24, 2.45) is 0 Å². The summed E-state index contributed by atoms with van der Waals surface area (Å²) in [4.78, 5) is 20.4. The van der Waals surface area contributed by atoms with Gasteiger partial charge in [-0.3, -0.25) is 4.79 Å². The normalized spacial score (nSPS) is 10.5. The largest absolute Gasteiger partial charge is 0.321 e. The third-order valence-electron chi connectivity index (χ3n) is 2.53. The molecule has 2 aromatic rings. The summed E-state index contributed by atoms with van der Waals surface area (Å²) in [5, 5.41) is 3.00. The number of carbonyl (C=O) groups excluding carboxylic acids is 1. The van der Waals surface area contributed by atoms with Gasteiger partial charge in [0.1, 0.15) is 5.82 Å². The van der Waals surface area contributed by atoms with E-state index in [2.05, 4.69) is 15.3 Å². The van der Waals surface area contributed by atoms with E-state index in [9.17, 15) is 4.79 Å². The zero-order valence-corrected chi connectivity index (χ0v) is 11.5. The summed E-state index contributed by atoms with van der Waals surface area (Å²) in [7, 11) is 0. The van der Waals surface area contributed by atoms with Crippen LogP contribution < -0.4 is 5.32 Å². The molecule has 0 radical (unpaired) electrons. The average molecular weight is 276 g/mol. The fourth-order valence-corrected chi connectivity index (χ4v) is 1.71. The molecule has 1 N–H and O–H groups in total. The number of amides is 1. The van der Waals surface area contributed by atoms with Gasteiger partial charge in [0.25, 0.3) is 5.91 Å². The Morgan fingerprint density at radius 2 is 1.95 bits per heavy atom. The number of anilines is 1. The number of carbonyl (C=O) groups is 1. The summed E-state index contributed by atoms with van der Waals surface area (Å²) in [6, 6.07) is 9.17. The van der Waals surface area contributed by atoms with Crippen LogP contribution in [0.15, 0.2) is 36.5 Å². The molecule has 1 aromatic carbocycles. The van der Waals surface area contributed by atoms with Crippen molar-refractivity contribution in [3.63, 3.8) is 0 Å². The maximum Gasteiger partial charge on any atom is 0.275 e. The molecular formula is C14H14ClN3O. The summed E-state index contributed by atoms with van der Waals surface area (Å²) in [6.07, 6.45) is 1.46. The van der Waals surface area contributed by atoms with Crippen LogP contribution in [0, 0.1) is 0 Å². The number of hydrogen-bond donors (Lipinski definition) is 1. The smallest absolute Gasteiger partial charge is 0.275 e. The van der Waals surface area contributed by atoms with Crippen LogP contribution in [0.25, 0.3) is 0 Å². The van der Waals surface area contributed by atoms with E-state index in [-0.39, 0.29) is 22.5 Å². The molecule has 2 rings (SSSR count). The number of halogens is 1. The highest BCUT2D eigenvalue weighted by Crippen LogP contribution is 2.17. The van der Waals surface area contributed by atoms with E-state index >= 15 is 0 Å². The molecule has 0 bridgehead atoms. The minimum absolute atomic E-state index is 0.139. The number of nitrogens with one attached hydrogen (secondary N) is 1. The third-order valence-corrected chi connectivity index (χ3v) is 2.80. The van der Waals surface area contributed by atoms with Gasteiger partial charge in [0, 0.05) is 11.6 Å². The van der Waals surface area contributed by atoms with Gasteiger partial charge in [0.2, 0.25) is 0 Å². The van der Waals surface area contributed by atoms with Crippen LogP contribution in [0.3, 0.4) is 0 Å². The molecule has 1 amide bonds. The molecule has 0 aliphatic carbocycles. The number of para-hydroxylation sites is 1. The second-order valence-electron chi connectivity index (χ2n) is 4.40. The van der Waals surface area contributed by atoms with Crippen LogP contribution in [0.1, 0.15) is 36.1 Å².